The van der Waals surface area contributed by atoms with Gasteiger partial charge in [0.05, 0.1) is 5.69 Å². The number of aromatic carboxylic acids is 1. The van der Waals surface area contributed by atoms with Crippen molar-refractivity contribution in [3.05, 3.63) is 17.0 Å². The van der Waals surface area contributed by atoms with E-state index in [0.717, 1.165) is 24.2 Å². The third kappa shape index (κ3) is 1.97. The van der Waals surface area contributed by atoms with Crippen molar-refractivity contribution in [3.8, 4) is 0 Å². The van der Waals surface area contributed by atoms with Gasteiger partial charge in [-0.2, -0.15) is 5.10 Å². The van der Waals surface area contributed by atoms with Crippen LogP contribution in [0.1, 0.15) is 21.7 Å². The molecule has 0 aliphatic carbocycles. The maximum atomic E-state index is 11.2. The lowest BCUT2D eigenvalue weighted by Gasteiger charge is -2.28. The fourth-order valence-corrected chi connectivity index (χ4v) is 2.26. The molecule has 17 heavy (non-hydrogen) atoms. The van der Waals surface area contributed by atoms with Crippen LogP contribution in [0.25, 0.3) is 0 Å². The molecule has 0 bridgehead atoms. The van der Waals surface area contributed by atoms with E-state index in [9.17, 15) is 4.79 Å². The van der Waals surface area contributed by atoms with Crippen molar-refractivity contribution in [3.63, 3.8) is 0 Å². The van der Waals surface area contributed by atoms with Gasteiger partial charge in [-0.15, -0.1) is 0 Å². The number of aromatic nitrogens is 2. The molecule has 0 spiro atoms. The van der Waals surface area contributed by atoms with Crippen LogP contribution in [0.15, 0.2) is 0 Å². The minimum absolute atomic E-state index is 0.253. The van der Waals surface area contributed by atoms with E-state index in [4.69, 9.17) is 17.3 Å². The van der Waals surface area contributed by atoms with E-state index in [0.29, 0.717) is 11.7 Å². The van der Waals surface area contributed by atoms with E-state index in [2.05, 4.69) is 10.4 Å². The smallest absolute Gasteiger partial charge is 0.354 e. The second-order valence-electron chi connectivity index (χ2n) is 3.93. The number of thiocarbonyl (C=S) groups is 1. The zero-order valence-electron chi connectivity index (χ0n) is 9.73. The SMILES string of the molecule is CNC(=S)N1CCc2nn(C)c(C(=O)O)c2C1. The Balaban J connectivity index is 2.36. The lowest BCUT2D eigenvalue weighted by Crippen LogP contribution is -2.41. The number of nitrogens with zero attached hydrogens (tertiary/aromatic N) is 3. The van der Waals surface area contributed by atoms with Crippen LogP contribution < -0.4 is 5.32 Å². The van der Waals surface area contributed by atoms with Crippen LogP contribution in [-0.4, -0.2) is 44.5 Å². The van der Waals surface area contributed by atoms with Gasteiger partial charge >= 0.3 is 5.97 Å². The molecule has 0 saturated carbocycles. The van der Waals surface area contributed by atoms with Crippen LogP contribution in [-0.2, 0) is 20.0 Å². The summed E-state index contributed by atoms with van der Waals surface area (Å²) in [6.45, 7) is 1.27. The maximum absolute atomic E-state index is 11.2. The van der Waals surface area contributed by atoms with Gasteiger partial charge in [0.2, 0.25) is 0 Å². The van der Waals surface area contributed by atoms with E-state index >= 15 is 0 Å². The van der Waals surface area contributed by atoms with Gasteiger partial charge in [0.15, 0.2) is 10.8 Å². The zero-order chi connectivity index (χ0) is 12.6. The number of carbonyl (C=O) groups is 1. The highest BCUT2D eigenvalue weighted by molar-refractivity contribution is 7.80. The van der Waals surface area contributed by atoms with Crippen LogP contribution in [0.3, 0.4) is 0 Å². The van der Waals surface area contributed by atoms with E-state index in [1.54, 1.807) is 14.1 Å². The van der Waals surface area contributed by atoms with Crippen molar-refractivity contribution in [2.75, 3.05) is 13.6 Å². The average molecular weight is 254 g/mol. The first kappa shape index (κ1) is 11.8. The molecule has 1 aliphatic heterocycles. The van der Waals surface area contributed by atoms with Crippen molar-refractivity contribution in [1.82, 2.24) is 20.0 Å². The molecule has 1 aromatic rings. The monoisotopic (exact) mass is 254 g/mol. The molecule has 0 aromatic carbocycles. The Hall–Kier alpha value is -1.63. The number of nitrogens with one attached hydrogen (secondary N) is 1. The minimum atomic E-state index is -0.946. The number of hydrogen-bond acceptors (Lipinski definition) is 3. The molecule has 2 heterocycles. The number of carboxylic acid groups (broad SMARTS) is 1. The van der Waals surface area contributed by atoms with Gasteiger partial charge in [0.1, 0.15) is 0 Å². The van der Waals surface area contributed by atoms with E-state index in [-0.39, 0.29) is 5.69 Å². The summed E-state index contributed by atoms with van der Waals surface area (Å²) in [6, 6.07) is 0. The van der Waals surface area contributed by atoms with Gasteiger partial charge < -0.3 is 15.3 Å². The fraction of sp³-hybridized carbons (Fsp3) is 0.500. The summed E-state index contributed by atoms with van der Waals surface area (Å²) in [6.07, 6.45) is 0.721. The summed E-state index contributed by atoms with van der Waals surface area (Å²) in [5.41, 5.74) is 1.88. The van der Waals surface area contributed by atoms with Crippen molar-refractivity contribution >= 4 is 23.3 Å². The Morgan fingerprint density at radius 2 is 2.29 bits per heavy atom. The predicted molar refractivity (Wildman–Crippen MR) is 65.9 cm³/mol. The summed E-state index contributed by atoms with van der Waals surface area (Å²) in [5, 5.41) is 16.9. The van der Waals surface area contributed by atoms with Gasteiger partial charge in [-0.05, 0) is 12.2 Å². The zero-order valence-corrected chi connectivity index (χ0v) is 10.5. The average Bonchev–Trinajstić information content (AvgIpc) is 2.62. The maximum Gasteiger partial charge on any atom is 0.354 e. The molecule has 0 amide bonds. The predicted octanol–water partition coefficient (Wildman–Crippen LogP) is -0.0193. The van der Waals surface area contributed by atoms with Crippen molar-refractivity contribution in [2.24, 2.45) is 7.05 Å². The summed E-state index contributed by atoms with van der Waals surface area (Å²) in [4.78, 5) is 13.1. The van der Waals surface area contributed by atoms with E-state index < -0.39 is 5.97 Å². The standard InChI is InChI=1S/C10H14N4O2S/c1-11-10(17)14-4-3-7-6(5-14)8(9(15)16)13(2)12-7/h3-5H2,1-2H3,(H,11,17)(H,15,16). The Morgan fingerprint density at radius 1 is 1.59 bits per heavy atom. The highest BCUT2D eigenvalue weighted by Crippen LogP contribution is 2.21. The Bertz CT molecular complexity index is 483. The molecule has 6 nitrogen and oxygen atoms in total. The minimum Gasteiger partial charge on any atom is -0.477 e. The molecule has 0 radical (unpaired) electrons. The topological polar surface area (TPSA) is 70.4 Å². The van der Waals surface area contributed by atoms with Gasteiger partial charge in [0, 0.05) is 39.2 Å². The number of carboxylic acids is 1. The lowest BCUT2D eigenvalue weighted by atomic mass is 10.1. The number of aryl methyl sites for hydroxylation is 1. The van der Waals surface area contributed by atoms with Gasteiger partial charge in [-0.3, -0.25) is 4.68 Å². The molecule has 92 valence electrons. The molecule has 0 saturated heterocycles. The first-order valence-electron chi connectivity index (χ1n) is 5.29. The third-order valence-corrected chi connectivity index (χ3v) is 3.36. The molecule has 0 fully saturated rings. The second-order valence-corrected chi connectivity index (χ2v) is 4.32. The van der Waals surface area contributed by atoms with Gasteiger partial charge in [-0.1, -0.05) is 0 Å². The summed E-state index contributed by atoms with van der Waals surface area (Å²) >= 11 is 5.16. The fourth-order valence-electron chi connectivity index (χ4n) is 2.10. The van der Waals surface area contributed by atoms with Crippen molar-refractivity contribution < 1.29 is 9.90 Å². The number of rotatable bonds is 1. The summed E-state index contributed by atoms with van der Waals surface area (Å²) < 4.78 is 1.43. The molecule has 2 N–H and O–H groups in total. The van der Waals surface area contributed by atoms with Crippen LogP contribution in [0.5, 0.6) is 0 Å². The van der Waals surface area contributed by atoms with Crippen molar-refractivity contribution in [1.29, 1.82) is 0 Å². The number of hydrogen-bond donors (Lipinski definition) is 2. The Labute approximate surface area is 104 Å². The largest absolute Gasteiger partial charge is 0.477 e. The quantitative estimate of drug-likeness (QED) is 0.686. The lowest BCUT2D eigenvalue weighted by molar-refractivity contribution is 0.0683. The highest BCUT2D eigenvalue weighted by Gasteiger charge is 2.27. The third-order valence-electron chi connectivity index (χ3n) is 2.90. The Kier molecular flexibility index (Phi) is 3.01. The number of fused-ring (bicyclic) bond motifs is 1. The molecule has 0 atom stereocenters. The highest BCUT2D eigenvalue weighted by atomic mass is 32.1. The summed E-state index contributed by atoms with van der Waals surface area (Å²) in [5.74, 6) is -0.946. The van der Waals surface area contributed by atoms with Gasteiger partial charge in [0.25, 0.3) is 0 Å². The molecule has 0 unspecified atom stereocenters. The van der Waals surface area contributed by atoms with E-state index in [1.165, 1.54) is 4.68 Å². The first-order valence-corrected chi connectivity index (χ1v) is 5.70. The molecular formula is C10H14N4O2S. The molecule has 1 aliphatic rings. The normalized spacial score (nSPS) is 14.4. The summed E-state index contributed by atoms with van der Waals surface area (Å²) in [7, 11) is 3.42. The molecule has 2 rings (SSSR count). The molecule has 1 aromatic heterocycles. The van der Waals surface area contributed by atoms with Crippen LogP contribution in [0.4, 0.5) is 0 Å². The van der Waals surface area contributed by atoms with Crippen LogP contribution in [0.2, 0.25) is 0 Å². The van der Waals surface area contributed by atoms with Crippen LogP contribution >= 0.6 is 12.2 Å². The molecular weight excluding hydrogens is 240 g/mol. The van der Waals surface area contributed by atoms with E-state index in [1.807, 2.05) is 4.90 Å². The van der Waals surface area contributed by atoms with Crippen molar-refractivity contribution in [2.45, 2.75) is 13.0 Å². The van der Waals surface area contributed by atoms with Gasteiger partial charge in [-0.25, -0.2) is 4.79 Å². The molecule has 7 heteroatoms. The van der Waals surface area contributed by atoms with Crippen LogP contribution in [0, 0.1) is 0 Å². The Morgan fingerprint density at radius 3 is 2.88 bits per heavy atom. The second kappa shape index (κ2) is 4.33. The first-order chi connectivity index (χ1) is 8.04.